The zero-order chi connectivity index (χ0) is 18.2. The lowest BCUT2D eigenvalue weighted by Gasteiger charge is -2.26. The van der Waals surface area contributed by atoms with Crippen LogP contribution in [-0.2, 0) is 10.0 Å². The normalized spacial score (nSPS) is 18.5. The van der Waals surface area contributed by atoms with Crippen molar-refractivity contribution in [2.24, 2.45) is 0 Å². The first-order valence-electron chi connectivity index (χ1n) is 8.67. The predicted molar refractivity (Wildman–Crippen MR) is 103 cm³/mol. The van der Waals surface area contributed by atoms with Crippen LogP contribution in [0.4, 0.5) is 5.69 Å². The number of benzene rings is 2. The van der Waals surface area contributed by atoms with Crippen LogP contribution >= 0.6 is 0 Å². The standard InChI is InChI=1S/C20H26N2O2S/c1-15-10-11-20(16(2)13-15)25(23,24)22-12-6-9-19(22)17-7-5-8-18(14-17)21(3)4/h5,7-8,10-11,13-14,19H,6,9,12H2,1-4H3. The summed E-state index contributed by atoms with van der Waals surface area (Å²) in [4.78, 5) is 2.47. The van der Waals surface area contributed by atoms with Crippen molar-refractivity contribution in [1.29, 1.82) is 0 Å². The SMILES string of the molecule is Cc1ccc(S(=O)(=O)N2CCCC2c2cccc(N(C)C)c2)c(C)c1. The van der Waals surface area contributed by atoms with Gasteiger partial charge in [0, 0.05) is 26.3 Å². The number of rotatable bonds is 4. The van der Waals surface area contributed by atoms with E-state index >= 15 is 0 Å². The minimum absolute atomic E-state index is 0.0920. The molecule has 1 heterocycles. The molecule has 0 amide bonds. The van der Waals surface area contributed by atoms with Crippen LogP contribution in [-0.4, -0.2) is 33.4 Å². The number of hydrogen-bond donors (Lipinski definition) is 0. The van der Waals surface area contributed by atoms with Crippen molar-refractivity contribution >= 4 is 15.7 Å². The smallest absolute Gasteiger partial charge is 0.243 e. The van der Waals surface area contributed by atoms with Gasteiger partial charge in [0.25, 0.3) is 0 Å². The highest BCUT2D eigenvalue weighted by Crippen LogP contribution is 2.38. The van der Waals surface area contributed by atoms with E-state index in [0.29, 0.717) is 11.4 Å². The van der Waals surface area contributed by atoms with E-state index in [4.69, 9.17) is 0 Å². The van der Waals surface area contributed by atoms with Crippen molar-refractivity contribution in [1.82, 2.24) is 4.31 Å². The molecule has 134 valence electrons. The maximum Gasteiger partial charge on any atom is 0.243 e. The zero-order valence-corrected chi connectivity index (χ0v) is 16.2. The monoisotopic (exact) mass is 358 g/mol. The van der Waals surface area contributed by atoms with Gasteiger partial charge in [-0.2, -0.15) is 4.31 Å². The van der Waals surface area contributed by atoms with Gasteiger partial charge in [-0.3, -0.25) is 0 Å². The number of hydrogen-bond acceptors (Lipinski definition) is 3. The Labute approximate surface area is 151 Å². The van der Waals surface area contributed by atoms with Crippen molar-refractivity contribution in [2.75, 3.05) is 25.5 Å². The Balaban J connectivity index is 2.00. The third-order valence-corrected chi connectivity index (χ3v) is 6.96. The van der Waals surface area contributed by atoms with Crippen molar-refractivity contribution < 1.29 is 8.42 Å². The molecule has 1 unspecified atom stereocenters. The highest BCUT2D eigenvalue weighted by molar-refractivity contribution is 7.89. The lowest BCUT2D eigenvalue weighted by Crippen LogP contribution is -2.31. The van der Waals surface area contributed by atoms with Gasteiger partial charge in [-0.15, -0.1) is 0 Å². The maximum absolute atomic E-state index is 13.3. The molecule has 0 aromatic heterocycles. The zero-order valence-electron chi connectivity index (χ0n) is 15.4. The Morgan fingerprint density at radius 3 is 2.52 bits per heavy atom. The van der Waals surface area contributed by atoms with Gasteiger partial charge in [-0.25, -0.2) is 8.42 Å². The molecule has 2 aromatic carbocycles. The van der Waals surface area contributed by atoms with Crippen molar-refractivity contribution in [3.05, 3.63) is 59.2 Å². The van der Waals surface area contributed by atoms with Crippen molar-refractivity contribution in [3.63, 3.8) is 0 Å². The number of anilines is 1. The molecule has 0 N–H and O–H groups in total. The Hall–Kier alpha value is -1.85. The van der Waals surface area contributed by atoms with Crippen LogP contribution < -0.4 is 4.90 Å². The lowest BCUT2D eigenvalue weighted by molar-refractivity contribution is 0.396. The molecule has 1 aliphatic heterocycles. The summed E-state index contributed by atoms with van der Waals surface area (Å²) in [6.07, 6.45) is 1.75. The highest BCUT2D eigenvalue weighted by atomic mass is 32.2. The minimum atomic E-state index is -3.50. The summed E-state index contributed by atoms with van der Waals surface area (Å²) in [6.45, 7) is 4.43. The van der Waals surface area contributed by atoms with Gasteiger partial charge < -0.3 is 4.90 Å². The van der Waals surface area contributed by atoms with Gasteiger partial charge in [0.2, 0.25) is 10.0 Å². The van der Waals surface area contributed by atoms with Gasteiger partial charge in [-0.05, 0) is 56.0 Å². The molecule has 1 atom stereocenters. The first-order valence-corrected chi connectivity index (χ1v) is 10.1. The molecule has 1 fully saturated rings. The van der Waals surface area contributed by atoms with Crippen LogP contribution in [0.5, 0.6) is 0 Å². The summed E-state index contributed by atoms with van der Waals surface area (Å²) in [5, 5.41) is 0. The molecular formula is C20H26N2O2S. The highest BCUT2D eigenvalue weighted by Gasteiger charge is 2.36. The molecule has 0 bridgehead atoms. The Morgan fingerprint density at radius 1 is 1.08 bits per heavy atom. The summed E-state index contributed by atoms with van der Waals surface area (Å²) in [5.41, 5.74) is 4.05. The predicted octanol–water partition coefficient (Wildman–Crippen LogP) is 3.90. The average molecular weight is 359 g/mol. The van der Waals surface area contributed by atoms with Crippen LogP contribution in [0.1, 0.15) is 35.6 Å². The molecule has 25 heavy (non-hydrogen) atoms. The van der Waals surface area contributed by atoms with Crippen LogP contribution in [0.25, 0.3) is 0 Å². The van der Waals surface area contributed by atoms with Crippen LogP contribution in [0.3, 0.4) is 0 Å². The van der Waals surface area contributed by atoms with E-state index in [9.17, 15) is 8.42 Å². The van der Waals surface area contributed by atoms with E-state index in [-0.39, 0.29) is 6.04 Å². The molecule has 3 rings (SSSR count). The first kappa shape index (κ1) is 18.0. The molecule has 0 spiro atoms. The van der Waals surface area contributed by atoms with Gasteiger partial charge >= 0.3 is 0 Å². The van der Waals surface area contributed by atoms with E-state index in [2.05, 4.69) is 6.07 Å². The average Bonchev–Trinajstić information content (AvgIpc) is 3.05. The Bertz CT molecular complexity index is 875. The summed E-state index contributed by atoms with van der Waals surface area (Å²) in [7, 11) is 0.499. The fraction of sp³-hybridized carbons (Fsp3) is 0.400. The molecule has 1 aliphatic rings. The van der Waals surface area contributed by atoms with E-state index in [1.54, 1.807) is 10.4 Å². The number of nitrogens with zero attached hydrogens (tertiary/aromatic N) is 2. The molecule has 2 aromatic rings. The van der Waals surface area contributed by atoms with Crippen LogP contribution in [0.15, 0.2) is 47.4 Å². The molecular weight excluding hydrogens is 332 g/mol. The van der Waals surface area contributed by atoms with E-state index in [1.807, 2.05) is 63.2 Å². The van der Waals surface area contributed by atoms with Gasteiger partial charge in [0.1, 0.15) is 0 Å². The fourth-order valence-electron chi connectivity index (χ4n) is 3.59. The van der Waals surface area contributed by atoms with E-state index in [0.717, 1.165) is 35.2 Å². The number of aryl methyl sites for hydroxylation is 2. The van der Waals surface area contributed by atoms with Crippen LogP contribution in [0, 0.1) is 13.8 Å². The summed E-state index contributed by atoms with van der Waals surface area (Å²) in [5.74, 6) is 0. The third kappa shape index (κ3) is 3.44. The Morgan fingerprint density at radius 2 is 1.84 bits per heavy atom. The quantitative estimate of drug-likeness (QED) is 0.832. The molecule has 1 saturated heterocycles. The second-order valence-electron chi connectivity index (χ2n) is 7.03. The second kappa shape index (κ2) is 6.81. The second-order valence-corrected chi connectivity index (χ2v) is 8.89. The molecule has 0 aliphatic carbocycles. The number of sulfonamides is 1. The molecule has 4 nitrogen and oxygen atoms in total. The van der Waals surface area contributed by atoms with Gasteiger partial charge in [0.15, 0.2) is 0 Å². The largest absolute Gasteiger partial charge is 0.378 e. The Kier molecular flexibility index (Phi) is 4.89. The lowest BCUT2D eigenvalue weighted by atomic mass is 10.0. The molecule has 5 heteroatoms. The molecule has 0 radical (unpaired) electrons. The molecule has 0 saturated carbocycles. The first-order chi connectivity index (χ1) is 11.8. The maximum atomic E-state index is 13.3. The van der Waals surface area contributed by atoms with E-state index in [1.165, 1.54) is 0 Å². The summed E-state index contributed by atoms with van der Waals surface area (Å²) in [6, 6.07) is 13.6. The van der Waals surface area contributed by atoms with E-state index < -0.39 is 10.0 Å². The van der Waals surface area contributed by atoms with Crippen molar-refractivity contribution in [3.8, 4) is 0 Å². The summed E-state index contributed by atoms with van der Waals surface area (Å²) < 4.78 is 28.2. The van der Waals surface area contributed by atoms with Gasteiger partial charge in [0.05, 0.1) is 10.9 Å². The van der Waals surface area contributed by atoms with Crippen molar-refractivity contribution in [2.45, 2.75) is 37.6 Å². The topological polar surface area (TPSA) is 40.6 Å². The fourth-order valence-corrected chi connectivity index (χ4v) is 5.48. The third-order valence-electron chi connectivity index (χ3n) is 4.89. The summed E-state index contributed by atoms with van der Waals surface area (Å²) >= 11 is 0. The minimum Gasteiger partial charge on any atom is -0.378 e. The van der Waals surface area contributed by atoms with Crippen LogP contribution in [0.2, 0.25) is 0 Å². The van der Waals surface area contributed by atoms with Gasteiger partial charge in [-0.1, -0.05) is 29.8 Å².